The van der Waals surface area contributed by atoms with E-state index in [1.54, 1.807) is 12.3 Å². The van der Waals surface area contributed by atoms with Gasteiger partial charge in [0, 0.05) is 0 Å². The van der Waals surface area contributed by atoms with Crippen molar-refractivity contribution in [2.75, 3.05) is 0 Å². The zero-order chi connectivity index (χ0) is 12.5. The summed E-state index contributed by atoms with van der Waals surface area (Å²) in [4.78, 5) is 12.5. The first-order valence-corrected chi connectivity index (χ1v) is 6.11. The summed E-state index contributed by atoms with van der Waals surface area (Å²) in [6.07, 6.45) is 4.09. The lowest BCUT2D eigenvalue weighted by molar-refractivity contribution is -0.131. The van der Waals surface area contributed by atoms with Gasteiger partial charge in [-0.15, -0.1) is 0 Å². The Morgan fingerprint density at radius 1 is 1.65 bits per heavy atom. The Bertz CT molecular complexity index is 424. The lowest BCUT2D eigenvalue weighted by atomic mass is 9.68. The molecule has 92 valence electrons. The molecule has 5 heteroatoms. The molecule has 1 fully saturated rings. The number of nitrogens with one attached hydrogen (secondary N) is 1. The van der Waals surface area contributed by atoms with E-state index in [0.29, 0.717) is 4.99 Å². The second-order valence-electron chi connectivity index (χ2n) is 4.51. The molecule has 4 nitrogen and oxygen atoms in total. The average molecular weight is 252 g/mol. The highest BCUT2D eigenvalue weighted by molar-refractivity contribution is 7.80. The number of rotatable bonds is 4. The highest BCUT2D eigenvalue weighted by atomic mass is 32.1. The Morgan fingerprint density at radius 3 is 2.76 bits per heavy atom. The summed E-state index contributed by atoms with van der Waals surface area (Å²) < 4.78 is 5.24. The van der Waals surface area contributed by atoms with E-state index in [2.05, 4.69) is 5.32 Å². The molecule has 0 spiro atoms. The molecule has 0 radical (unpaired) electrons. The van der Waals surface area contributed by atoms with Crippen LogP contribution in [-0.2, 0) is 4.79 Å². The normalized spacial score (nSPS) is 19.1. The maximum atomic E-state index is 12.2. The third-order valence-corrected chi connectivity index (χ3v) is 3.82. The van der Waals surface area contributed by atoms with Gasteiger partial charge in [0.2, 0.25) is 5.91 Å². The standard InChI is InChI=1S/C12H16N2O2S/c1-8(9-4-2-7-16-9)14-11(15)12(10(13)17)5-3-6-12/h2,4,7-8H,3,5-6H2,1H3,(H2,13,17)(H,14,15). The van der Waals surface area contributed by atoms with Crippen molar-refractivity contribution in [2.45, 2.75) is 32.2 Å². The number of nitrogens with two attached hydrogens (primary N) is 1. The number of carbonyl (C=O) groups is 1. The van der Waals surface area contributed by atoms with Crippen molar-refractivity contribution in [1.29, 1.82) is 0 Å². The quantitative estimate of drug-likeness (QED) is 0.803. The van der Waals surface area contributed by atoms with Crippen molar-refractivity contribution in [3.8, 4) is 0 Å². The van der Waals surface area contributed by atoms with E-state index in [1.165, 1.54) is 0 Å². The molecule has 0 aromatic carbocycles. The van der Waals surface area contributed by atoms with Gasteiger partial charge in [0.1, 0.15) is 5.76 Å². The Balaban J connectivity index is 2.04. The lowest BCUT2D eigenvalue weighted by Crippen LogP contribution is -2.53. The van der Waals surface area contributed by atoms with Crippen molar-refractivity contribution >= 4 is 23.1 Å². The maximum absolute atomic E-state index is 12.2. The molecule has 0 aliphatic heterocycles. The Labute approximate surface area is 106 Å². The predicted octanol–water partition coefficient (Wildman–Crippen LogP) is 1.91. The monoisotopic (exact) mass is 252 g/mol. The summed E-state index contributed by atoms with van der Waals surface area (Å²) in [5, 5.41) is 2.91. The van der Waals surface area contributed by atoms with Crippen molar-refractivity contribution in [2.24, 2.45) is 11.1 Å². The van der Waals surface area contributed by atoms with Crippen LogP contribution in [-0.4, -0.2) is 10.9 Å². The zero-order valence-corrected chi connectivity index (χ0v) is 10.5. The third-order valence-electron chi connectivity index (χ3n) is 3.43. The molecule has 1 atom stereocenters. The summed E-state index contributed by atoms with van der Waals surface area (Å²) in [6, 6.07) is 3.47. The summed E-state index contributed by atoms with van der Waals surface area (Å²) in [7, 11) is 0. The van der Waals surface area contributed by atoms with Crippen LogP contribution in [0, 0.1) is 5.41 Å². The van der Waals surface area contributed by atoms with Gasteiger partial charge in [-0.25, -0.2) is 0 Å². The Hall–Kier alpha value is -1.36. The molecule has 1 aromatic rings. The molecule has 1 aromatic heterocycles. The predicted molar refractivity (Wildman–Crippen MR) is 68.3 cm³/mol. The SMILES string of the molecule is CC(NC(=O)C1(C(N)=S)CCC1)c1ccco1. The fraction of sp³-hybridized carbons (Fsp3) is 0.500. The third kappa shape index (κ3) is 2.07. The summed E-state index contributed by atoms with van der Waals surface area (Å²) in [5.74, 6) is 0.649. The van der Waals surface area contributed by atoms with Gasteiger partial charge in [-0.2, -0.15) is 0 Å². The highest BCUT2D eigenvalue weighted by Crippen LogP contribution is 2.41. The van der Waals surface area contributed by atoms with E-state index in [4.69, 9.17) is 22.4 Å². The van der Waals surface area contributed by atoms with Crippen LogP contribution in [0.5, 0.6) is 0 Å². The summed E-state index contributed by atoms with van der Waals surface area (Å²) >= 11 is 5.00. The molecule has 1 unspecified atom stereocenters. The molecule has 1 saturated carbocycles. The fourth-order valence-corrected chi connectivity index (χ4v) is 2.36. The second-order valence-corrected chi connectivity index (χ2v) is 4.95. The molecule has 1 heterocycles. The Morgan fingerprint density at radius 2 is 2.35 bits per heavy atom. The number of furan rings is 1. The van der Waals surface area contributed by atoms with Crippen molar-refractivity contribution < 1.29 is 9.21 Å². The van der Waals surface area contributed by atoms with Crippen LogP contribution < -0.4 is 11.1 Å². The van der Waals surface area contributed by atoms with Crippen LogP contribution in [0.2, 0.25) is 0 Å². The largest absolute Gasteiger partial charge is 0.467 e. The van der Waals surface area contributed by atoms with Crippen molar-refractivity contribution in [1.82, 2.24) is 5.32 Å². The maximum Gasteiger partial charge on any atom is 0.233 e. The summed E-state index contributed by atoms with van der Waals surface area (Å²) in [6.45, 7) is 1.88. The number of carbonyl (C=O) groups excluding carboxylic acids is 1. The van der Waals surface area contributed by atoms with E-state index < -0.39 is 5.41 Å². The van der Waals surface area contributed by atoms with Gasteiger partial charge in [-0.05, 0) is 31.9 Å². The highest BCUT2D eigenvalue weighted by Gasteiger charge is 2.47. The van der Waals surface area contributed by atoms with Crippen LogP contribution in [0.25, 0.3) is 0 Å². The molecule has 2 rings (SSSR count). The second kappa shape index (κ2) is 4.49. The minimum Gasteiger partial charge on any atom is -0.467 e. The topological polar surface area (TPSA) is 68.3 Å². The minimum absolute atomic E-state index is 0.0832. The molecule has 1 amide bonds. The fourth-order valence-electron chi connectivity index (χ4n) is 2.06. The van der Waals surface area contributed by atoms with Gasteiger partial charge < -0.3 is 15.5 Å². The van der Waals surface area contributed by atoms with E-state index in [0.717, 1.165) is 25.0 Å². The number of hydrogen-bond donors (Lipinski definition) is 2. The van der Waals surface area contributed by atoms with Gasteiger partial charge in [0.15, 0.2) is 0 Å². The summed E-state index contributed by atoms with van der Waals surface area (Å²) in [5.41, 5.74) is 5.05. The average Bonchev–Trinajstić information content (AvgIpc) is 2.66. The molecule has 1 aliphatic rings. The molecule has 0 saturated heterocycles. The number of amides is 1. The molecule has 17 heavy (non-hydrogen) atoms. The van der Waals surface area contributed by atoms with E-state index >= 15 is 0 Å². The Kier molecular flexibility index (Phi) is 3.19. The first kappa shape index (κ1) is 12.1. The van der Waals surface area contributed by atoms with E-state index in [1.807, 2.05) is 13.0 Å². The van der Waals surface area contributed by atoms with Crippen molar-refractivity contribution in [3.05, 3.63) is 24.2 Å². The van der Waals surface area contributed by atoms with Crippen LogP contribution in [0.4, 0.5) is 0 Å². The van der Waals surface area contributed by atoms with Crippen LogP contribution in [0.1, 0.15) is 38.0 Å². The van der Waals surface area contributed by atoms with Gasteiger partial charge >= 0.3 is 0 Å². The van der Waals surface area contributed by atoms with E-state index in [9.17, 15) is 4.79 Å². The lowest BCUT2D eigenvalue weighted by Gasteiger charge is -2.39. The van der Waals surface area contributed by atoms with Gasteiger partial charge in [-0.3, -0.25) is 4.79 Å². The minimum atomic E-state index is -0.629. The van der Waals surface area contributed by atoms with Crippen LogP contribution >= 0.6 is 12.2 Å². The first-order chi connectivity index (χ1) is 8.06. The van der Waals surface area contributed by atoms with E-state index in [-0.39, 0.29) is 11.9 Å². The molecule has 1 aliphatic carbocycles. The molecular formula is C12H16N2O2S. The smallest absolute Gasteiger partial charge is 0.233 e. The first-order valence-electron chi connectivity index (χ1n) is 5.70. The van der Waals surface area contributed by atoms with Crippen LogP contribution in [0.3, 0.4) is 0 Å². The zero-order valence-electron chi connectivity index (χ0n) is 9.73. The number of hydrogen-bond acceptors (Lipinski definition) is 3. The van der Waals surface area contributed by atoms with Crippen molar-refractivity contribution in [3.63, 3.8) is 0 Å². The molecular weight excluding hydrogens is 236 g/mol. The van der Waals surface area contributed by atoms with Gasteiger partial charge in [0.25, 0.3) is 0 Å². The molecule has 3 N–H and O–H groups in total. The van der Waals surface area contributed by atoms with Gasteiger partial charge in [0.05, 0.1) is 22.7 Å². The molecule has 0 bridgehead atoms. The van der Waals surface area contributed by atoms with Crippen LogP contribution in [0.15, 0.2) is 22.8 Å². The van der Waals surface area contributed by atoms with Gasteiger partial charge in [-0.1, -0.05) is 18.6 Å². The number of thiocarbonyl (C=S) groups is 1.